The predicted octanol–water partition coefficient (Wildman–Crippen LogP) is 1.02. The fourth-order valence-electron chi connectivity index (χ4n) is 1.34. The van der Waals surface area contributed by atoms with E-state index in [1.165, 1.54) is 12.3 Å². The molecule has 0 aliphatic heterocycles. The smallest absolute Gasteiger partial charge is 0.269 e. The molecule has 0 fully saturated rings. The van der Waals surface area contributed by atoms with Crippen LogP contribution in [-0.4, -0.2) is 26.5 Å². The van der Waals surface area contributed by atoms with Crippen molar-refractivity contribution in [2.45, 2.75) is 0 Å². The van der Waals surface area contributed by atoms with Crippen molar-refractivity contribution in [3.63, 3.8) is 0 Å². The highest BCUT2D eigenvalue weighted by atomic mass is 32.1. The third-order valence-corrected chi connectivity index (χ3v) is 2.86. The Morgan fingerprint density at radius 2 is 2.32 bits per heavy atom. The molecule has 0 radical (unpaired) electrons. The van der Waals surface area contributed by atoms with E-state index in [0.29, 0.717) is 0 Å². The van der Waals surface area contributed by atoms with Crippen molar-refractivity contribution in [2.75, 3.05) is 5.32 Å². The standard InChI is InChI=1S/C10H8FN5O2S/c11-5-1-2-7(6(3-5)9(12)15-18)14-10(17)8-4-13-16-19-8/h1-4,18H,(H2,12,15)(H,14,17). The van der Waals surface area contributed by atoms with Crippen molar-refractivity contribution < 1.29 is 14.4 Å². The third kappa shape index (κ3) is 2.83. The van der Waals surface area contributed by atoms with Gasteiger partial charge in [0.2, 0.25) is 0 Å². The van der Waals surface area contributed by atoms with Crippen molar-refractivity contribution in [1.29, 1.82) is 0 Å². The minimum atomic E-state index is -0.570. The Kier molecular flexibility index (Phi) is 3.66. The van der Waals surface area contributed by atoms with E-state index in [1.807, 2.05) is 0 Å². The number of nitrogens with two attached hydrogens (primary N) is 1. The van der Waals surface area contributed by atoms with Gasteiger partial charge in [0.05, 0.1) is 11.9 Å². The minimum Gasteiger partial charge on any atom is -0.409 e. The number of amidine groups is 1. The summed E-state index contributed by atoms with van der Waals surface area (Å²) < 4.78 is 16.7. The summed E-state index contributed by atoms with van der Waals surface area (Å²) in [6, 6.07) is 3.51. The Morgan fingerprint density at radius 1 is 1.53 bits per heavy atom. The summed E-state index contributed by atoms with van der Waals surface area (Å²) in [7, 11) is 0. The first-order valence-corrected chi connectivity index (χ1v) is 5.75. The summed E-state index contributed by atoms with van der Waals surface area (Å²) >= 11 is 0.915. The number of aromatic nitrogens is 2. The summed E-state index contributed by atoms with van der Waals surface area (Å²) in [5, 5.41) is 17.5. The van der Waals surface area contributed by atoms with Gasteiger partial charge in [-0.1, -0.05) is 9.64 Å². The van der Waals surface area contributed by atoms with E-state index >= 15 is 0 Å². The van der Waals surface area contributed by atoms with Crippen LogP contribution in [0.4, 0.5) is 10.1 Å². The van der Waals surface area contributed by atoms with Crippen LogP contribution in [0, 0.1) is 5.82 Å². The lowest BCUT2D eigenvalue weighted by Crippen LogP contribution is -2.19. The second-order valence-electron chi connectivity index (χ2n) is 3.41. The van der Waals surface area contributed by atoms with Crippen LogP contribution >= 0.6 is 11.5 Å². The highest BCUT2D eigenvalue weighted by Gasteiger charge is 2.14. The number of halogens is 1. The van der Waals surface area contributed by atoms with Crippen LogP contribution in [0.15, 0.2) is 29.6 Å². The van der Waals surface area contributed by atoms with Crippen LogP contribution in [0.1, 0.15) is 15.2 Å². The molecule has 9 heteroatoms. The molecule has 0 atom stereocenters. The summed E-state index contributed by atoms with van der Waals surface area (Å²) in [5.41, 5.74) is 5.71. The summed E-state index contributed by atoms with van der Waals surface area (Å²) in [6.07, 6.45) is 1.30. The van der Waals surface area contributed by atoms with Gasteiger partial charge in [0.15, 0.2) is 5.84 Å². The van der Waals surface area contributed by atoms with Gasteiger partial charge in [-0.25, -0.2) is 4.39 Å². The Hall–Kier alpha value is -2.55. The van der Waals surface area contributed by atoms with Gasteiger partial charge in [-0.3, -0.25) is 4.79 Å². The first-order chi connectivity index (χ1) is 9.11. The fraction of sp³-hybridized carbons (Fsp3) is 0. The lowest BCUT2D eigenvalue weighted by atomic mass is 10.1. The molecule has 98 valence electrons. The number of nitrogens with zero attached hydrogens (tertiary/aromatic N) is 3. The first kappa shape index (κ1) is 12.9. The highest BCUT2D eigenvalue weighted by molar-refractivity contribution is 7.07. The first-order valence-electron chi connectivity index (χ1n) is 4.98. The van der Waals surface area contributed by atoms with E-state index < -0.39 is 11.7 Å². The largest absolute Gasteiger partial charge is 0.409 e. The average Bonchev–Trinajstić information content (AvgIpc) is 2.94. The van der Waals surface area contributed by atoms with Crippen molar-refractivity contribution in [3.05, 3.63) is 40.7 Å². The zero-order valence-electron chi connectivity index (χ0n) is 9.37. The molecule has 0 saturated heterocycles. The molecule has 1 aromatic carbocycles. The van der Waals surface area contributed by atoms with Gasteiger partial charge in [-0.05, 0) is 29.7 Å². The Morgan fingerprint density at radius 3 is 2.95 bits per heavy atom. The van der Waals surface area contributed by atoms with Gasteiger partial charge in [0, 0.05) is 5.56 Å². The van der Waals surface area contributed by atoms with Crippen LogP contribution in [0.25, 0.3) is 0 Å². The number of benzene rings is 1. The maximum Gasteiger partial charge on any atom is 0.269 e. The lowest BCUT2D eigenvalue weighted by Gasteiger charge is -2.09. The second-order valence-corrected chi connectivity index (χ2v) is 4.20. The quantitative estimate of drug-likeness (QED) is 0.336. The van der Waals surface area contributed by atoms with Gasteiger partial charge < -0.3 is 16.3 Å². The number of amides is 1. The van der Waals surface area contributed by atoms with E-state index in [-0.39, 0.29) is 22.0 Å². The van der Waals surface area contributed by atoms with E-state index in [4.69, 9.17) is 10.9 Å². The van der Waals surface area contributed by atoms with E-state index in [2.05, 4.69) is 20.1 Å². The number of hydrogen-bond acceptors (Lipinski definition) is 6. The zero-order chi connectivity index (χ0) is 13.8. The molecule has 7 nitrogen and oxygen atoms in total. The molecule has 1 heterocycles. The van der Waals surface area contributed by atoms with Crippen LogP contribution in [-0.2, 0) is 0 Å². The minimum absolute atomic E-state index is 0.0772. The number of nitrogens with one attached hydrogen (secondary N) is 1. The van der Waals surface area contributed by atoms with Gasteiger partial charge in [0.25, 0.3) is 5.91 Å². The predicted molar refractivity (Wildman–Crippen MR) is 66.8 cm³/mol. The molecule has 4 N–H and O–H groups in total. The van der Waals surface area contributed by atoms with Gasteiger partial charge in [-0.15, -0.1) is 5.10 Å². The van der Waals surface area contributed by atoms with Gasteiger partial charge in [-0.2, -0.15) is 0 Å². The molecule has 19 heavy (non-hydrogen) atoms. The molecule has 0 spiro atoms. The highest BCUT2D eigenvalue weighted by Crippen LogP contribution is 2.18. The Bertz CT molecular complexity index is 629. The molecule has 0 bridgehead atoms. The average molecular weight is 281 g/mol. The normalized spacial score (nSPS) is 11.3. The third-order valence-electron chi connectivity index (χ3n) is 2.20. The zero-order valence-corrected chi connectivity index (χ0v) is 10.2. The topological polar surface area (TPSA) is 113 Å². The maximum absolute atomic E-state index is 13.1. The van der Waals surface area contributed by atoms with E-state index in [1.54, 1.807) is 0 Å². The van der Waals surface area contributed by atoms with Crippen LogP contribution < -0.4 is 11.1 Å². The number of oxime groups is 1. The maximum atomic E-state index is 13.1. The number of carbonyl (C=O) groups is 1. The Balaban J connectivity index is 2.32. The van der Waals surface area contributed by atoms with Crippen molar-refractivity contribution in [2.24, 2.45) is 10.9 Å². The van der Waals surface area contributed by atoms with Crippen LogP contribution in [0.2, 0.25) is 0 Å². The number of anilines is 1. The molecule has 0 aliphatic rings. The monoisotopic (exact) mass is 281 g/mol. The second kappa shape index (κ2) is 5.40. The fourth-order valence-corrected chi connectivity index (χ4v) is 1.75. The van der Waals surface area contributed by atoms with E-state index in [0.717, 1.165) is 23.7 Å². The number of hydrogen-bond donors (Lipinski definition) is 3. The SMILES string of the molecule is N/C(=N/O)c1cc(F)ccc1NC(=O)c1cnns1. The molecular weight excluding hydrogens is 273 g/mol. The van der Waals surface area contributed by atoms with E-state index in [9.17, 15) is 9.18 Å². The molecule has 2 aromatic rings. The molecule has 2 rings (SSSR count). The number of rotatable bonds is 3. The Labute approximate surface area is 110 Å². The number of carbonyl (C=O) groups excluding carboxylic acids is 1. The summed E-state index contributed by atoms with van der Waals surface area (Å²) in [4.78, 5) is 12.1. The van der Waals surface area contributed by atoms with Gasteiger partial charge in [0.1, 0.15) is 10.7 Å². The lowest BCUT2D eigenvalue weighted by molar-refractivity contribution is 0.103. The molecular formula is C10H8FN5O2S. The molecule has 0 unspecified atom stereocenters. The molecule has 1 aromatic heterocycles. The molecule has 0 saturated carbocycles. The molecule has 0 aliphatic carbocycles. The van der Waals surface area contributed by atoms with Crippen LogP contribution in [0.3, 0.4) is 0 Å². The van der Waals surface area contributed by atoms with Crippen molar-refractivity contribution >= 4 is 29.0 Å². The van der Waals surface area contributed by atoms with Crippen molar-refractivity contribution in [1.82, 2.24) is 9.59 Å². The summed E-state index contributed by atoms with van der Waals surface area (Å²) in [6.45, 7) is 0. The van der Waals surface area contributed by atoms with Crippen molar-refractivity contribution in [3.8, 4) is 0 Å². The van der Waals surface area contributed by atoms with Crippen LogP contribution in [0.5, 0.6) is 0 Å². The summed E-state index contributed by atoms with van der Waals surface area (Å²) in [5.74, 6) is -1.34. The molecule has 1 amide bonds. The van der Waals surface area contributed by atoms with Gasteiger partial charge >= 0.3 is 0 Å².